The molecular formula is C13H21N7. The van der Waals surface area contributed by atoms with Crippen molar-refractivity contribution in [3.63, 3.8) is 0 Å². The van der Waals surface area contributed by atoms with E-state index >= 15 is 0 Å². The lowest BCUT2D eigenvalue weighted by molar-refractivity contribution is 0.546. The molecule has 0 aliphatic heterocycles. The van der Waals surface area contributed by atoms with Crippen LogP contribution in [0.15, 0.2) is 18.5 Å². The maximum Gasteiger partial charge on any atom is 0.145 e. The Labute approximate surface area is 118 Å². The van der Waals surface area contributed by atoms with Gasteiger partial charge in [-0.2, -0.15) is 5.10 Å². The molecule has 2 aromatic heterocycles. The van der Waals surface area contributed by atoms with E-state index in [1.54, 1.807) is 10.7 Å². The number of anilines is 2. The number of aromatic nitrogens is 4. The number of hydrogen-bond donors (Lipinski definition) is 3. The molecule has 0 bridgehead atoms. The SMILES string of the molecule is Cn1cc(CNc2cc(NN)nc(C(C)(C)C)n2)cn1. The summed E-state index contributed by atoms with van der Waals surface area (Å²) in [6.45, 7) is 6.84. The lowest BCUT2D eigenvalue weighted by atomic mass is 9.96. The molecule has 108 valence electrons. The van der Waals surface area contributed by atoms with Crippen LogP contribution in [0.4, 0.5) is 11.6 Å². The monoisotopic (exact) mass is 275 g/mol. The second kappa shape index (κ2) is 5.46. The summed E-state index contributed by atoms with van der Waals surface area (Å²) in [7, 11) is 1.89. The molecule has 0 saturated heterocycles. The van der Waals surface area contributed by atoms with Crippen LogP contribution in [0.25, 0.3) is 0 Å². The molecule has 7 nitrogen and oxygen atoms in total. The van der Waals surface area contributed by atoms with Crippen molar-refractivity contribution in [2.75, 3.05) is 10.7 Å². The average Bonchev–Trinajstić information content (AvgIpc) is 2.81. The van der Waals surface area contributed by atoms with E-state index in [1.807, 2.05) is 19.4 Å². The van der Waals surface area contributed by atoms with Crippen molar-refractivity contribution in [2.45, 2.75) is 32.7 Å². The summed E-state index contributed by atoms with van der Waals surface area (Å²) in [4.78, 5) is 8.91. The molecule has 0 radical (unpaired) electrons. The Bertz CT molecular complexity index is 583. The molecule has 4 N–H and O–H groups in total. The molecule has 0 atom stereocenters. The van der Waals surface area contributed by atoms with E-state index < -0.39 is 0 Å². The summed E-state index contributed by atoms with van der Waals surface area (Å²) in [6.07, 6.45) is 3.78. The van der Waals surface area contributed by atoms with Crippen molar-refractivity contribution in [1.29, 1.82) is 0 Å². The molecule has 2 rings (SSSR count). The Kier molecular flexibility index (Phi) is 3.89. The molecule has 2 heterocycles. The smallest absolute Gasteiger partial charge is 0.145 e. The molecule has 0 aliphatic carbocycles. The van der Waals surface area contributed by atoms with Gasteiger partial charge in [0.25, 0.3) is 0 Å². The first-order chi connectivity index (χ1) is 9.38. The van der Waals surface area contributed by atoms with Gasteiger partial charge in [-0.15, -0.1) is 0 Å². The molecule has 0 spiro atoms. The highest BCUT2D eigenvalue weighted by molar-refractivity contribution is 5.47. The molecule has 0 aliphatic rings. The van der Waals surface area contributed by atoms with Gasteiger partial charge in [0.05, 0.1) is 6.20 Å². The van der Waals surface area contributed by atoms with Crippen LogP contribution in [-0.4, -0.2) is 19.7 Å². The molecule has 7 heteroatoms. The van der Waals surface area contributed by atoms with E-state index in [1.165, 1.54) is 0 Å². The van der Waals surface area contributed by atoms with Crippen molar-refractivity contribution in [3.05, 3.63) is 29.8 Å². The third-order valence-electron chi connectivity index (χ3n) is 2.78. The van der Waals surface area contributed by atoms with Gasteiger partial charge in [-0.3, -0.25) is 4.68 Å². The van der Waals surface area contributed by atoms with E-state index in [0.29, 0.717) is 12.4 Å². The number of nitrogens with zero attached hydrogens (tertiary/aromatic N) is 4. The van der Waals surface area contributed by atoms with Crippen molar-refractivity contribution in [1.82, 2.24) is 19.7 Å². The van der Waals surface area contributed by atoms with Gasteiger partial charge in [-0.05, 0) is 0 Å². The maximum atomic E-state index is 5.46. The van der Waals surface area contributed by atoms with Gasteiger partial charge in [-0.1, -0.05) is 20.8 Å². The zero-order chi connectivity index (χ0) is 14.8. The summed E-state index contributed by atoms with van der Waals surface area (Å²) in [6, 6.07) is 1.78. The summed E-state index contributed by atoms with van der Waals surface area (Å²) < 4.78 is 1.77. The Hall–Kier alpha value is -2.15. The Morgan fingerprint density at radius 3 is 2.50 bits per heavy atom. The van der Waals surface area contributed by atoms with Gasteiger partial charge in [0.1, 0.15) is 17.5 Å². The number of nitrogens with one attached hydrogen (secondary N) is 2. The number of hydrazine groups is 1. The third-order valence-corrected chi connectivity index (χ3v) is 2.78. The molecule has 20 heavy (non-hydrogen) atoms. The van der Waals surface area contributed by atoms with Crippen molar-refractivity contribution in [2.24, 2.45) is 12.9 Å². The summed E-state index contributed by atoms with van der Waals surface area (Å²) in [5, 5.41) is 7.39. The zero-order valence-corrected chi connectivity index (χ0v) is 12.3. The van der Waals surface area contributed by atoms with E-state index in [4.69, 9.17) is 5.84 Å². The fourth-order valence-corrected chi connectivity index (χ4v) is 1.70. The molecule has 2 aromatic rings. The molecule has 0 aromatic carbocycles. The van der Waals surface area contributed by atoms with Crippen LogP contribution in [0, 0.1) is 0 Å². The Balaban J connectivity index is 2.18. The fourth-order valence-electron chi connectivity index (χ4n) is 1.70. The fraction of sp³-hybridized carbons (Fsp3) is 0.462. The van der Waals surface area contributed by atoms with Gasteiger partial charge in [0.15, 0.2) is 0 Å². The number of rotatable bonds is 4. The highest BCUT2D eigenvalue weighted by Crippen LogP contribution is 2.22. The first-order valence-electron chi connectivity index (χ1n) is 6.46. The van der Waals surface area contributed by atoms with Crippen LogP contribution in [0.1, 0.15) is 32.2 Å². The first-order valence-corrected chi connectivity index (χ1v) is 6.46. The quantitative estimate of drug-likeness (QED) is 0.577. The normalized spacial score (nSPS) is 11.4. The minimum Gasteiger partial charge on any atom is -0.366 e. The second-order valence-electron chi connectivity index (χ2n) is 5.73. The molecule has 0 saturated carbocycles. The molecular weight excluding hydrogens is 254 g/mol. The molecule has 0 unspecified atom stereocenters. The van der Waals surface area contributed by atoms with Gasteiger partial charge < -0.3 is 10.7 Å². The van der Waals surface area contributed by atoms with Crippen LogP contribution < -0.4 is 16.6 Å². The number of aryl methyl sites for hydroxylation is 1. The van der Waals surface area contributed by atoms with E-state index in [9.17, 15) is 0 Å². The predicted octanol–water partition coefficient (Wildman–Crippen LogP) is 1.41. The molecule has 0 fully saturated rings. The molecule has 0 amide bonds. The van der Waals surface area contributed by atoms with Gasteiger partial charge in [-0.25, -0.2) is 15.8 Å². The van der Waals surface area contributed by atoms with Crippen molar-refractivity contribution < 1.29 is 0 Å². The number of hydrogen-bond acceptors (Lipinski definition) is 6. The highest BCUT2D eigenvalue weighted by Gasteiger charge is 2.19. The van der Waals surface area contributed by atoms with Crippen molar-refractivity contribution >= 4 is 11.6 Å². The lowest BCUT2D eigenvalue weighted by Crippen LogP contribution is -2.20. The first kappa shape index (κ1) is 14.3. The third kappa shape index (κ3) is 3.45. The van der Waals surface area contributed by atoms with Crippen LogP contribution in [0.3, 0.4) is 0 Å². The zero-order valence-electron chi connectivity index (χ0n) is 12.3. The Morgan fingerprint density at radius 2 is 1.95 bits per heavy atom. The van der Waals surface area contributed by atoms with Crippen LogP contribution in [-0.2, 0) is 19.0 Å². The second-order valence-corrected chi connectivity index (χ2v) is 5.73. The topological polar surface area (TPSA) is 93.7 Å². The van der Waals surface area contributed by atoms with Gasteiger partial charge in [0.2, 0.25) is 0 Å². The van der Waals surface area contributed by atoms with Gasteiger partial charge in [0, 0.05) is 36.8 Å². The van der Waals surface area contributed by atoms with E-state index in [-0.39, 0.29) is 5.41 Å². The summed E-state index contributed by atoms with van der Waals surface area (Å²) in [5.74, 6) is 7.53. The average molecular weight is 275 g/mol. The lowest BCUT2D eigenvalue weighted by Gasteiger charge is -2.18. The standard InChI is InChI=1S/C13H21N7/c1-13(2,3)12-17-10(5-11(18-12)19-14)15-6-9-7-16-20(4)8-9/h5,7-8H,6,14H2,1-4H3,(H2,15,17,18,19). The number of nitrogen functional groups attached to an aromatic ring is 1. The van der Waals surface area contributed by atoms with Crippen LogP contribution >= 0.6 is 0 Å². The number of nitrogens with two attached hydrogens (primary N) is 1. The van der Waals surface area contributed by atoms with Crippen LogP contribution in [0.5, 0.6) is 0 Å². The minimum atomic E-state index is -0.141. The van der Waals surface area contributed by atoms with E-state index in [2.05, 4.69) is 46.6 Å². The van der Waals surface area contributed by atoms with E-state index in [0.717, 1.165) is 17.2 Å². The maximum absolute atomic E-state index is 5.46. The predicted molar refractivity (Wildman–Crippen MR) is 79.1 cm³/mol. The summed E-state index contributed by atoms with van der Waals surface area (Å²) >= 11 is 0. The minimum absolute atomic E-state index is 0.141. The summed E-state index contributed by atoms with van der Waals surface area (Å²) in [5.41, 5.74) is 3.52. The van der Waals surface area contributed by atoms with Crippen LogP contribution in [0.2, 0.25) is 0 Å². The van der Waals surface area contributed by atoms with Crippen molar-refractivity contribution in [3.8, 4) is 0 Å². The van der Waals surface area contributed by atoms with Gasteiger partial charge >= 0.3 is 0 Å². The highest BCUT2D eigenvalue weighted by atomic mass is 15.3. The largest absolute Gasteiger partial charge is 0.366 e. The Morgan fingerprint density at radius 1 is 1.25 bits per heavy atom.